The average molecular weight is 723 g/mol. The fourth-order valence-electron chi connectivity index (χ4n) is 5.31. The lowest BCUT2D eigenvalue weighted by molar-refractivity contribution is -0.123. The van der Waals surface area contributed by atoms with E-state index in [1.54, 1.807) is 13.8 Å². The van der Waals surface area contributed by atoms with E-state index < -0.39 is 60.3 Å². The van der Waals surface area contributed by atoms with Crippen LogP contribution >= 0.6 is 7.82 Å². The first kappa shape index (κ1) is 39.6. The summed E-state index contributed by atoms with van der Waals surface area (Å²) in [7, 11) is -8.14. The number of benzene rings is 3. The van der Waals surface area contributed by atoms with Gasteiger partial charge in [0.1, 0.15) is 11.9 Å². The number of phosphoric ester groups is 1. The first-order valence-electron chi connectivity index (χ1n) is 15.6. The number of hydrogen-bond acceptors (Lipinski definition) is 8. The molecule has 3 rings (SSSR count). The van der Waals surface area contributed by atoms with E-state index >= 15 is 0 Å². The summed E-state index contributed by atoms with van der Waals surface area (Å²) in [5, 5.41) is 5.50. The van der Waals surface area contributed by atoms with Crippen molar-refractivity contribution in [1.29, 1.82) is 0 Å². The third-order valence-corrected chi connectivity index (χ3v) is 10.0. The Morgan fingerprint density at radius 3 is 2.08 bits per heavy atom. The number of nitrogens with one attached hydrogen (secondary N) is 2. The molecule has 0 aromatic heterocycles. The molecule has 0 saturated carbocycles. The van der Waals surface area contributed by atoms with Crippen molar-refractivity contribution in [2.75, 3.05) is 32.5 Å². The summed E-state index contributed by atoms with van der Waals surface area (Å²) in [6, 6.07) is 19.4. The third kappa shape index (κ3) is 11.9. The smallest absolute Gasteiger partial charge is 0.453 e. The van der Waals surface area contributed by atoms with E-state index in [0.29, 0.717) is 12.8 Å². The normalized spacial score (nSPS) is 13.3. The number of rotatable bonds is 18. The number of methoxy groups -OCH3 is 1. The Labute approximate surface area is 286 Å². The lowest BCUT2D eigenvalue weighted by Crippen LogP contribution is -2.50. The van der Waals surface area contributed by atoms with Crippen molar-refractivity contribution in [3.05, 3.63) is 95.8 Å². The maximum Gasteiger partial charge on any atom is 0.469 e. The largest absolute Gasteiger partial charge is 0.469 e. The highest BCUT2D eigenvalue weighted by Crippen LogP contribution is 2.37. The summed E-state index contributed by atoms with van der Waals surface area (Å²) in [6.07, 6.45) is -0.0840. The molecule has 0 saturated heterocycles. The van der Waals surface area contributed by atoms with Crippen molar-refractivity contribution in [2.45, 2.75) is 56.0 Å². The van der Waals surface area contributed by atoms with E-state index in [1.807, 2.05) is 60.7 Å². The molecule has 0 spiro atoms. The molecule has 3 aromatic rings. The number of nitrogens with zero attached hydrogens (tertiary/aromatic N) is 1. The Bertz CT molecular complexity index is 1640. The molecule has 0 aliphatic carbocycles. The summed E-state index contributed by atoms with van der Waals surface area (Å²) in [4.78, 5) is 44.5. The minimum Gasteiger partial charge on any atom is -0.453 e. The van der Waals surface area contributed by atoms with Crippen molar-refractivity contribution < 1.29 is 46.0 Å². The Morgan fingerprint density at radius 1 is 0.980 bits per heavy atom. The molecular formula is C33H44FN4O9PS. The van der Waals surface area contributed by atoms with Gasteiger partial charge in [0.15, 0.2) is 0 Å². The molecule has 0 fully saturated rings. The number of carbonyl (C=O) groups is 2. The predicted octanol–water partition coefficient (Wildman–Crippen LogP) is 4.38. The Morgan fingerprint density at radius 2 is 1.57 bits per heavy atom. The summed E-state index contributed by atoms with van der Waals surface area (Å²) in [6.45, 7) is 2.96. The maximum absolute atomic E-state index is 14.3. The zero-order chi connectivity index (χ0) is 36.2. The highest BCUT2D eigenvalue weighted by Gasteiger charge is 2.35. The van der Waals surface area contributed by atoms with Crippen molar-refractivity contribution in [2.24, 2.45) is 5.92 Å². The van der Waals surface area contributed by atoms with Crippen molar-refractivity contribution in [3.63, 3.8) is 0 Å². The van der Waals surface area contributed by atoms with Crippen LogP contribution in [0.25, 0.3) is 0 Å². The Kier molecular flexibility index (Phi) is 14.7. The van der Waals surface area contributed by atoms with Gasteiger partial charge in [-0.15, -0.1) is 0 Å². The summed E-state index contributed by atoms with van der Waals surface area (Å²) in [5.41, 5.74) is 6.87. The van der Waals surface area contributed by atoms with Gasteiger partial charge in [-0.3, -0.25) is 9.32 Å². The number of unbranched alkanes of at least 4 members (excludes halogenated alkanes) is 1. The van der Waals surface area contributed by atoms with Gasteiger partial charge in [-0.05, 0) is 48.1 Å². The lowest BCUT2D eigenvalue weighted by Gasteiger charge is -2.32. The molecule has 268 valence electrons. The molecule has 3 aromatic carbocycles. The molecule has 2 atom stereocenters. The van der Waals surface area contributed by atoms with Crippen LogP contribution in [0.2, 0.25) is 0 Å². The molecule has 0 bridgehead atoms. The van der Waals surface area contributed by atoms with Crippen molar-refractivity contribution >= 4 is 35.5 Å². The van der Waals surface area contributed by atoms with Crippen molar-refractivity contribution in [3.8, 4) is 0 Å². The van der Waals surface area contributed by atoms with Gasteiger partial charge in [0.25, 0.3) is 0 Å². The topological polar surface area (TPSA) is 198 Å². The molecule has 16 heteroatoms. The van der Waals surface area contributed by atoms with Crippen LogP contribution in [0.1, 0.15) is 50.2 Å². The standard InChI is InChI=1S/C33H44FN4O9PS/c1-23(2)21-38(49(44,45)27-17-18-29(35)28(34)20-27)26(22-47-48(41,42)43)16-10-11-19-36-32(39)31(37-33(40)46-3)30(24-12-6-4-7-13-24)25-14-8-5-9-15-25/h4-9,12-15,17-18,20,23,26,30-31H,10-11,16,19,21-22,35H2,1-3H3,(H,36,39)(H,37,40)(H2,41,42,43)/t26?,31-/m0/s1. The maximum atomic E-state index is 14.3. The molecule has 13 nitrogen and oxygen atoms in total. The quantitative estimate of drug-likeness (QED) is 0.0714. The molecule has 0 aliphatic rings. The highest BCUT2D eigenvalue weighted by molar-refractivity contribution is 7.89. The summed E-state index contributed by atoms with van der Waals surface area (Å²) < 4.78 is 64.0. The van der Waals surface area contributed by atoms with Gasteiger partial charge < -0.3 is 30.9 Å². The average Bonchev–Trinajstić information content (AvgIpc) is 3.06. The molecule has 0 aliphatic heterocycles. The Hall–Kier alpha value is -3.85. The van der Waals surface area contributed by atoms with Gasteiger partial charge in [0.05, 0.1) is 24.3 Å². The number of alkyl carbamates (subject to hydrolysis) is 1. The van der Waals surface area contributed by atoms with Crippen LogP contribution in [0, 0.1) is 11.7 Å². The number of anilines is 1. The van der Waals surface area contributed by atoms with E-state index in [0.717, 1.165) is 33.6 Å². The molecule has 2 amide bonds. The molecule has 6 N–H and O–H groups in total. The number of phosphoric acid groups is 1. The first-order chi connectivity index (χ1) is 23.1. The van der Waals surface area contributed by atoms with Crippen LogP contribution in [0.4, 0.5) is 14.9 Å². The predicted molar refractivity (Wildman–Crippen MR) is 182 cm³/mol. The molecule has 49 heavy (non-hydrogen) atoms. The number of sulfonamides is 1. The minimum atomic E-state index is -4.98. The van der Waals surface area contributed by atoms with Crippen LogP contribution in [-0.4, -0.2) is 73.4 Å². The minimum absolute atomic E-state index is 0.0541. The number of hydrogen-bond donors (Lipinski definition) is 5. The van der Waals surface area contributed by atoms with Crippen LogP contribution in [0.5, 0.6) is 0 Å². The first-order valence-corrected chi connectivity index (χ1v) is 18.6. The molecule has 0 radical (unpaired) electrons. The number of halogens is 1. The molecule has 0 heterocycles. The number of carbonyl (C=O) groups excluding carboxylic acids is 2. The van der Waals surface area contributed by atoms with E-state index in [4.69, 9.17) is 15.0 Å². The van der Waals surface area contributed by atoms with Gasteiger partial charge in [-0.2, -0.15) is 4.31 Å². The number of ether oxygens (including phenoxy) is 1. The van der Waals surface area contributed by atoms with Crippen molar-refractivity contribution in [1.82, 2.24) is 14.9 Å². The van der Waals surface area contributed by atoms with E-state index in [-0.39, 0.29) is 36.0 Å². The fraction of sp³-hybridized carbons (Fsp3) is 0.394. The zero-order valence-corrected chi connectivity index (χ0v) is 29.3. The van der Waals surface area contributed by atoms with E-state index in [9.17, 15) is 36.7 Å². The van der Waals surface area contributed by atoms with Crippen LogP contribution in [0.15, 0.2) is 83.8 Å². The molecule has 1 unspecified atom stereocenters. The third-order valence-electron chi connectivity index (χ3n) is 7.62. The number of amides is 2. The number of nitrogens with two attached hydrogens (primary N) is 1. The van der Waals surface area contributed by atoms with Crippen LogP contribution in [0.3, 0.4) is 0 Å². The number of nitrogen functional groups attached to an aromatic ring is 1. The highest BCUT2D eigenvalue weighted by atomic mass is 32.2. The van der Waals surface area contributed by atoms with E-state index in [2.05, 4.69) is 10.6 Å². The monoisotopic (exact) mass is 722 g/mol. The van der Waals surface area contributed by atoms with Gasteiger partial charge in [0, 0.05) is 25.0 Å². The second kappa shape index (κ2) is 18.2. The SMILES string of the molecule is COC(=O)N[C@H](C(=O)NCCCCC(COP(=O)(O)O)N(CC(C)C)S(=O)(=O)c1ccc(N)c(F)c1)C(c1ccccc1)c1ccccc1. The van der Waals surface area contributed by atoms with Gasteiger partial charge >= 0.3 is 13.9 Å². The zero-order valence-electron chi connectivity index (χ0n) is 27.6. The van der Waals surface area contributed by atoms with Gasteiger partial charge in [-0.25, -0.2) is 22.2 Å². The van der Waals surface area contributed by atoms with E-state index in [1.165, 1.54) is 7.11 Å². The molecular weight excluding hydrogens is 678 g/mol. The van der Waals surface area contributed by atoms with Crippen LogP contribution in [-0.2, 0) is 28.6 Å². The summed E-state index contributed by atoms with van der Waals surface area (Å²) >= 11 is 0. The Balaban J connectivity index is 1.79. The summed E-state index contributed by atoms with van der Waals surface area (Å²) in [5.74, 6) is -2.19. The lowest BCUT2D eigenvalue weighted by atomic mass is 9.84. The second-order valence-electron chi connectivity index (χ2n) is 11.8. The van der Waals surface area contributed by atoms with Crippen LogP contribution < -0.4 is 16.4 Å². The van der Waals surface area contributed by atoms with Gasteiger partial charge in [0.2, 0.25) is 15.9 Å². The fourth-order valence-corrected chi connectivity index (χ4v) is 7.49. The van der Waals surface area contributed by atoms with Gasteiger partial charge in [-0.1, -0.05) is 80.9 Å². The second-order valence-corrected chi connectivity index (χ2v) is 14.9.